The van der Waals surface area contributed by atoms with Crippen molar-refractivity contribution < 1.29 is 8.42 Å². The van der Waals surface area contributed by atoms with Gasteiger partial charge in [-0.1, -0.05) is 6.92 Å². The lowest BCUT2D eigenvalue weighted by Gasteiger charge is -2.07. The predicted molar refractivity (Wildman–Crippen MR) is 56.7 cm³/mol. The van der Waals surface area contributed by atoms with Crippen LogP contribution in [0.25, 0.3) is 0 Å². The Morgan fingerprint density at radius 1 is 1.60 bits per heavy atom. The number of nitrogens with one attached hydrogen (secondary N) is 3. The summed E-state index contributed by atoms with van der Waals surface area (Å²) in [5.41, 5.74) is 0.858. The van der Waals surface area contributed by atoms with Crippen molar-refractivity contribution in [2.75, 3.05) is 4.72 Å². The van der Waals surface area contributed by atoms with Crippen LogP contribution >= 0.6 is 0 Å². The number of aromatic nitrogens is 2. The van der Waals surface area contributed by atoms with Crippen molar-refractivity contribution in [3.63, 3.8) is 0 Å². The van der Waals surface area contributed by atoms with Crippen LogP contribution < -0.4 is 9.44 Å². The molecule has 0 radical (unpaired) electrons. The molecular weight excluding hydrogens is 216 g/mol. The van der Waals surface area contributed by atoms with Crippen LogP contribution in [0, 0.1) is 0 Å². The van der Waals surface area contributed by atoms with Crippen molar-refractivity contribution in [2.24, 2.45) is 0 Å². The largest absolute Gasteiger partial charge is 0.300 e. The quantitative estimate of drug-likeness (QED) is 0.683. The fourth-order valence-electron chi connectivity index (χ4n) is 1.25. The van der Waals surface area contributed by atoms with Crippen LogP contribution in [-0.2, 0) is 16.6 Å². The van der Waals surface area contributed by atoms with Crippen molar-refractivity contribution in [3.05, 3.63) is 11.8 Å². The van der Waals surface area contributed by atoms with Gasteiger partial charge in [-0.05, 0) is 19.3 Å². The summed E-state index contributed by atoms with van der Waals surface area (Å²) in [7, 11) is -3.45. The van der Waals surface area contributed by atoms with E-state index in [1.807, 2.05) is 6.92 Å². The fraction of sp³-hybridized carbons (Fsp3) is 0.625. The molecule has 7 heteroatoms. The van der Waals surface area contributed by atoms with Gasteiger partial charge in [-0.25, -0.2) is 0 Å². The Labute approximate surface area is 88.6 Å². The van der Waals surface area contributed by atoms with Gasteiger partial charge < -0.3 is 0 Å². The van der Waals surface area contributed by atoms with Gasteiger partial charge in [0.25, 0.3) is 0 Å². The van der Waals surface area contributed by atoms with Gasteiger partial charge in [0, 0.05) is 11.6 Å². The molecule has 0 atom stereocenters. The number of rotatable bonds is 5. The summed E-state index contributed by atoms with van der Waals surface area (Å²) in [6.07, 6.45) is 4.20. The van der Waals surface area contributed by atoms with Crippen LogP contribution in [-0.4, -0.2) is 24.7 Å². The maximum absolute atomic E-state index is 11.5. The van der Waals surface area contributed by atoms with Gasteiger partial charge in [0.05, 0.1) is 6.20 Å². The Morgan fingerprint density at radius 2 is 2.33 bits per heavy atom. The first-order valence-electron chi connectivity index (χ1n) is 4.93. The maximum Gasteiger partial charge on any atom is 0.300 e. The summed E-state index contributed by atoms with van der Waals surface area (Å²) in [6, 6.07) is 0.107. The second kappa shape index (κ2) is 3.82. The van der Waals surface area contributed by atoms with Gasteiger partial charge >= 0.3 is 10.2 Å². The van der Waals surface area contributed by atoms with E-state index in [9.17, 15) is 8.42 Å². The summed E-state index contributed by atoms with van der Waals surface area (Å²) in [4.78, 5) is 0. The number of hydrogen-bond donors (Lipinski definition) is 3. The average molecular weight is 230 g/mol. The zero-order valence-corrected chi connectivity index (χ0v) is 9.26. The maximum atomic E-state index is 11.5. The molecule has 0 spiro atoms. The summed E-state index contributed by atoms with van der Waals surface area (Å²) in [5.74, 6) is 0.450. The highest BCUT2D eigenvalue weighted by Crippen LogP contribution is 2.20. The van der Waals surface area contributed by atoms with Crippen molar-refractivity contribution in [3.8, 4) is 0 Å². The first-order chi connectivity index (χ1) is 7.11. The van der Waals surface area contributed by atoms with Crippen LogP contribution in [0.5, 0.6) is 0 Å². The van der Waals surface area contributed by atoms with Crippen molar-refractivity contribution in [1.82, 2.24) is 14.9 Å². The van der Waals surface area contributed by atoms with E-state index in [1.165, 1.54) is 0 Å². The first kappa shape index (κ1) is 10.4. The molecular formula is C8H14N4O2S. The van der Waals surface area contributed by atoms with Gasteiger partial charge in [-0.15, -0.1) is 0 Å². The lowest BCUT2D eigenvalue weighted by atomic mass is 10.3. The van der Waals surface area contributed by atoms with Gasteiger partial charge in [0.2, 0.25) is 0 Å². The fourth-order valence-corrected chi connectivity index (χ4v) is 2.43. The number of nitrogens with zero attached hydrogens (tertiary/aromatic N) is 1. The Bertz CT molecular complexity index is 435. The molecule has 0 aliphatic heterocycles. The highest BCUT2D eigenvalue weighted by molar-refractivity contribution is 7.90. The van der Waals surface area contributed by atoms with Gasteiger partial charge in [0.15, 0.2) is 0 Å². The summed E-state index contributed by atoms with van der Waals surface area (Å²) in [6.45, 7) is 1.94. The van der Waals surface area contributed by atoms with E-state index in [0.29, 0.717) is 5.82 Å². The molecule has 1 aliphatic rings. The molecule has 2 rings (SSSR count). The molecule has 0 unspecified atom stereocenters. The third kappa shape index (κ3) is 2.69. The minimum atomic E-state index is -3.45. The Morgan fingerprint density at radius 3 is 2.93 bits per heavy atom. The molecule has 84 valence electrons. The molecule has 6 nitrogen and oxygen atoms in total. The standard InChI is InChI=1S/C8H14N4O2S/c1-2-6-5-9-10-8(6)12-15(13,14)11-7-3-4-7/h5,7,11H,2-4H2,1H3,(H2,9,10,12). The van der Waals surface area contributed by atoms with Gasteiger partial charge in [-0.2, -0.15) is 18.2 Å². The van der Waals surface area contributed by atoms with Crippen LogP contribution in [0.1, 0.15) is 25.3 Å². The molecule has 1 aromatic heterocycles. The minimum absolute atomic E-state index is 0.107. The van der Waals surface area contributed by atoms with E-state index >= 15 is 0 Å². The SMILES string of the molecule is CCc1cn[nH]c1NS(=O)(=O)NC1CC1. The van der Waals surface area contributed by atoms with Crippen LogP contribution in [0.2, 0.25) is 0 Å². The molecule has 1 aromatic rings. The molecule has 0 saturated heterocycles. The molecule has 1 heterocycles. The van der Waals surface area contributed by atoms with E-state index in [0.717, 1.165) is 24.8 Å². The zero-order valence-electron chi connectivity index (χ0n) is 8.45. The molecule has 1 aliphatic carbocycles. The molecule has 0 aromatic carbocycles. The Balaban J connectivity index is 2.06. The average Bonchev–Trinajstić information content (AvgIpc) is 2.82. The number of aromatic amines is 1. The molecule has 0 bridgehead atoms. The van der Waals surface area contributed by atoms with Crippen molar-refractivity contribution in [1.29, 1.82) is 0 Å². The number of H-pyrrole nitrogens is 1. The van der Waals surface area contributed by atoms with Crippen LogP contribution in [0.3, 0.4) is 0 Å². The second-order valence-electron chi connectivity index (χ2n) is 3.62. The number of aryl methyl sites for hydroxylation is 1. The smallest absolute Gasteiger partial charge is 0.262 e. The molecule has 1 saturated carbocycles. The van der Waals surface area contributed by atoms with Gasteiger partial charge in [0.1, 0.15) is 5.82 Å². The van der Waals surface area contributed by atoms with Gasteiger partial charge in [-0.3, -0.25) is 9.82 Å². The lowest BCUT2D eigenvalue weighted by Crippen LogP contribution is -2.32. The predicted octanol–water partition coefficient (Wildman–Crippen LogP) is 0.381. The van der Waals surface area contributed by atoms with Crippen LogP contribution in [0.15, 0.2) is 6.20 Å². The normalized spacial score (nSPS) is 16.6. The van der Waals surface area contributed by atoms with Crippen molar-refractivity contribution >= 4 is 16.0 Å². The van der Waals surface area contributed by atoms with Crippen molar-refractivity contribution in [2.45, 2.75) is 32.2 Å². The molecule has 1 fully saturated rings. The van der Waals surface area contributed by atoms with E-state index < -0.39 is 10.2 Å². The minimum Gasteiger partial charge on any atom is -0.262 e. The molecule has 15 heavy (non-hydrogen) atoms. The van der Waals surface area contributed by atoms with Crippen LogP contribution in [0.4, 0.5) is 5.82 Å². The molecule has 0 amide bonds. The topological polar surface area (TPSA) is 86.9 Å². The Hall–Kier alpha value is -1.08. The number of anilines is 1. The highest BCUT2D eigenvalue weighted by Gasteiger charge is 2.27. The third-order valence-corrected chi connectivity index (χ3v) is 3.35. The zero-order chi connectivity index (χ0) is 10.9. The molecule has 3 N–H and O–H groups in total. The third-order valence-electron chi connectivity index (χ3n) is 2.23. The van der Waals surface area contributed by atoms with E-state index in [4.69, 9.17) is 0 Å². The van der Waals surface area contributed by atoms with E-state index in [2.05, 4.69) is 19.6 Å². The monoisotopic (exact) mass is 230 g/mol. The highest BCUT2D eigenvalue weighted by atomic mass is 32.2. The number of hydrogen-bond acceptors (Lipinski definition) is 3. The summed E-state index contributed by atoms with van der Waals surface area (Å²) < 4.78 is 28.1. The van der Waals surface area contributed by atoms with E-state index in [-0.39, 0.29) is 6.04 Å². The lowest BCUT2D eigenvalue weighted by molar-refractivity contribution is 0.586. The Kier molecular flexibility index (Phi) is 2.66. The second-order valence-corrected chi connectivity index (χ2v) is 5.07. The van der Waals surface area contributed by atoms with E-state index in [1.54, 1.807) is 6.20 Å². The first-order valence-corrected chi connectivity index (χ1v) is 6.41. The summed E-state index contributed by atoms with van der Waals surface area (Å²) >= 11 is 0. The summed E-state index contributed by atoms with van der Waals surface area (Å²) in [5, 5.41) is 6.42.